The van der Waals surface area contributed by atoms with Gasteiger partial charge in [0.1, 0.15) is 0 Å². The van der Waals surface area contributed by atoms with E-state index in [0.29, 0.717) is 34.6 Å². The molecule has 0 amide bonds. The minimum atomic E-state index is -0.612. The maximum Gasteiger partial charge on any atom is 0.306 e. The van der Waals surface area contributed by atoms with Gasteiger partial charge in [0.05, 0.1) is 10.9 Å². The summed E-state index contributed by atoms with van der Waals surface area (Å²) in [5, 5.41) is 1.22. The number of carbonyl (C=O) groups is 1. The Morgan fingerprint density at radius 2 is 1.96 bits per heavy atom. The molecule has 0 aliphatic heterocycles. The van der Waals surface area contributed by atoms with Crippen LogP contribution >= 0.6 is 23.4 Å². The lowest BCUT2D eigenvalue weighted by Gasteiger charge is -2.13. The van der Waals surface area contributed by atoms with Gasteiger partial charge in [0.15, 0.2) is 11.9 Å². The van der Waals surface area contributed by atoms with Crippen molar-refractivity contribution in [3.63, 3.8) is 0 Å². The maximum absolute atomic E-state index is 12.1. The first-order valence-electron chi connectivity index (χ1n) is 8.60. The molecule has 1 atom stereocenters. The summed E-state index contributed by atoms with van der Waals surface area (Å²) in [5.41, 5.74) is 0.344. The SMILES string of the molecule is C[C@H](OC(=O)CCCSc1ccc(Cl)cc1)c1nc2ccccc2c(=O)[nH]1. The molecule has 5 nitrogen and oxygen atoms in total. The van der Waals surface area contributed by atoms with Gasteiger partial charge < -0.3 is 9.72 Å². The first kappa shape index (κ1) is 19.5. The maximum atomic E-state index is 12.1. The van der Waals surface area contributed by atoms with Gasteiger partial charge in [-0.2, -0.15) is 0 Å². The van der Waals surface area contributed by atoms with E-state index in [9.17, 15) is 9.59 Å². The van der Waals surface area contributed by atoms with Gasteiger partial charge in [-0.3, -0.25) is 9.59 Å². The van der Waals surface area contributed by atoms with E-state index in [1.165, 1.54) is 0 Å². The standard InChI is InChI=1S/C20H19ClN2O3S/c1-13(19-22-17-6-3-2-5-16(17)20(25)23-19)26-18(24)7-4-12-27-15-10-8-14(21)9-11-15/h2-3,5-6,8-11,13H,4,7,12H2,1H3,(H,22,23,25)/t13-/m0/s1. The van der Waals surface area contributed by atoms with Gasteiger partial charge in [-0.15, -0.1) is 11.8 Å². The van der Waals surface area contributed by atoms with Gasteiger partial charge in [-0.1, -0.05) is 23.7 Å². The number of H-pyrrole nitrogens is 1. The summed E-state index contributed by atoms with van der Waals surface area (Å²) in [6.07, 6.45) is 0.391. The Kier molecular flexibility index (Phi) is 6.53. The van der Waals surface area contributed by atoms with Crippen LogP contribution in [0, 0.1) is 0 Å². The Balaban J connectivity index is 1.50. The van der Waals surface area contributed by atoms with E-state index in [-0.39, 0.29) is 11.5 Å². The Bertz CT molecular complexity index is 988. The molecular weight excluding hydrogens is 384 g/mol. The van der Waals surface area contributed by atoms with Crippen LogP contribution in [-0.2, 0) is 9.53 Å². The van der Waals surface area contributed by atoms with Crippen LogP contribution in [0.25, 0.3) is 10.9 Å². The summed E-state index contributed by atoms with van der Waals surface area (Å²) < 4.78 is 5.41. The summed E-state index contributed by atoms with van der Waals surface area (Å²) in [6.45, 7) is 1.70. The van der Waals surface area contributed by atoms with E-state index in [2.05, 4.69) is 9.97 Å². The highest BCUT2D eigenvalue weighted by Crippen LogP contribution is 2.22. The normalized spacial score (nSPS) is 12.1. The lowest BCUT2D eigenvalue weighted by atomic mass is 10.2. The number of hydrogen-bond donors (Lipinski definition) is 1. The van der Waals surface area contributed by atoms with Crippen LogP contribution in [0.15, 0.2) is 58.2 Å². The number of fused-ring (bicyclic) bond motifs is 1. The monoisotopic (exact) mass is 402 g/mol. The quantitative estimate of drug-likeness (QED) is 0.350. The van der Waals surface area contributed by atoms with Crippen LogP contribution in [0.5, 0.6) is 0 Å². The van der Waals surface area contributed by atoms with Crippen LogP contribution in [0.2, 0.25) is 5.02 Å². The molecule has 0 saturated heterocycles. The summed E-state index contributed by atoms with van der Waals surface area (Å²) in [6, 6.07) is 14.7. The highest BCUT2D eigenvalue weighted by atomic mass is 35.5. The Morgan fingerprint density at radius 3 is 2.74 bits per heavy atom. The fraction of sp³-hybridized carbons (Fsp3) is 0.250. The van der Waals surface area contributed by atoms with Crippen molar-refractivity contribution in [1.82, 2.24) is 9.97 Å². The number of rotatable bonds is 7. The second-order valence-corrected chi connectivity index (χ2v) is 7.61. The van der Waals surface area contributed by atoms with Gasteiger partial charge in [-0.05, 0) is 55.5 Å². The molecule has 0 saturated carbocycles. The number of aromatic amines is 1. The number of halogens is 1. The van der Waals surface area contributed by atoms with Crippen molar-refractivity contribution in [3.8, 4) is 0 Å². The summed E-state index contributed by atoms with van der Waals surface area (Å²) in [7, 11) is 0. The molecule has 1 aromatic heterocycles. The number of ether oxygens (including phenoxy) is 1. The predicted octanol–water partition coefficient (Wildman–Crippen LogP) is 4.75. The van der Waals surface area contributed by atoms with Gasteiger partial charge in [0.25, 0.3) is 5.56 Å². The predicted molar refractivity (Wildman–Crippen MR) is 108 cm³/mol. The number of aromatic nitrogens is 2. The largest absolute Gasteiger partial charge is 0.454 e. The molecule has 140 valence electrons. The van der Waals surface area contributed by atoms with E-state index in [4.69, 9.17) is 16.3 Å². The van der Waals surface area contributed by atoms with Crippen LogP contribution in [-0.4, -0.2) is 21.7 Å². The second-order valence-electron chi connectivity index (χ2n) is 6.01. The zero-order valence-corrected chi connectivity index (χ0v) is 16.3. The van der Waals surface area contributed by atoms with Crippen molar-refractivity contribution >= 4 is 40.2 Å². The number of nitrogens with one attached hydrogen (secondary N) is 1. The number of nitrogens with zero attached hydrogens (tertiary/aromatic N) is 1. The number of thioether (sulfide) groups is 1. The van der Waals surface area contributed by atoms with Crippen LogP contribution in [0.3, 0.4) is 0 Å². The van der Waals surface area contributed by atoms with Gasteiger partial charge in [-0.25, -0.2) is 4.98 Å². The van der Waals surface area contributed by atoms with E-state index in [1.54, 1.807) is 36.9 Å². The molecule has 0 aliphatic rings. The van der Waals surface area contributed by atoms with E-state index in [1.807, 2.05) is 30.3 Å². The summed E-state index contributed by atoms with van der Waals surface area (Å²) in [5.74, 6) is 0.841. The molecule has 3 aromatic rings. The van der Waals surface area contributed by atoms with Crippen LogP contribution < -0.4 is 5.56 Å². The molecule has 0 unspecified atom stereocenters. The smallest absolute Gasteiger partial charge is 0.306 e. The lowest BCUT2D eigenvalue weighted by molar-refractivity contribution is -0.149. The lowest BCUT2D eigenvalue weighted by Crippen LogP contribution is -2.17. The minimum Gasteiger partial charge on any atom is -0.454 e. The van der Waals surface area contributed by atoms with Crippen molar-refractivity contribution in [2.75, 3.05) is 5.75 Å². The van der Waals surface area contributed by atoms with Gasteiger partial charge in [0.2, 0.25) is 0 Å². The van der Waals surface area contributed by atoms with E-state index in [0.717, 1.165) is 10.6 Å². The molecule has 0 bridgehead atoms. The minimum absolute atomic E-state index is 0.238. The topological polar surface area (TPSA) is 72.0 Å². The fourth-order valence-corrected chi connectivity index (χ4v) is 3.53. The number of benzene rings is 2. The average molecular weight is 403 g/mol. The van der Waals surface area contributed by atoms with Crippen LogP contribution in [0.4, 0.5) is 0 Å². The highest BCUT2D eigenvalue weighted by molar-refractivity contribution is 7.99. The number of esters is 1. The number of hydrogen-bond acceptors (Lipinski definition) is 5. The Hall–Kier alpha value is -2.31. The van der Waals surface area contributed by atoms with E-state index < -0.39 is 6.10 Å². The molecule has 0 radical (unpaired) electrons. The van der Waals surface area contributed by atoms with Crippen molar-refractivity contribution in [2.24, 2.45) is 0 Å². The van der Waals surface area contributed by atoms with Gasteiger partial charge >= 0.3 is 5.97 Å². The Labute approximate surface area is 166 Å². The first-order valence-corrected chi connectivity index (χ1v) is 9.96. The molecule has 0 aliphatic carbocycles. The molecule has 27 heavy (non-hydrogen) atoms. The molecule has 1 N–H and O–H groups in total. The zero-order chi connectivity index (χ0) is 19.2. The highest BCUT2D eigenvalue weighted by Gasteiger charge is 2.15. The van der Waals surface area contributed by atoms with E-state index >= 15 is 0 Å². The number of para-hydroxylation sites is 1. The Morgan fingerprint density at radius 1 is 1.22 bits per heavy atom. The molecule has 2 aromatic carbocycles. The fourth-order valence-electron chi connectivity index (χ4n) is 2.55. The second kappa shape index (κ2) is 9.06. The van der Waals surface area contributed by atoms with Crippen molar-refractivity contribution in [1.29, 1.82) is 0 Å². The molecule has 1 heterocycles. The third-order valence-corrected chi connectivity index (χ3v) is 5.28. The third kappa shape index (κ3) is 5.34. The first-order chi connectivity index (χ1) is 13.0. The molecule has 0 spiro atoms. The zero-order valence-electron chi connectivity index (χ0n) is 14.8. The van der Waals surface area contributed by atoms with Crippen molar-refractivity contribution in [3.05, 3.63) is 69.7 Å². The average Bonchev–Trinajstić information content (AvgIpc) is 2.66. The molecule has 0 fully saturated rings. The van der Waals surface area contributed by atoms with Crippen LogP contribution in [0.1, 0.15) is 31.7 Å². The summed E-state index contributed by atoms with van der Waals surface area (Å²) in [4.78, 5) is 32.4. The number of carbonyl (C=O) groups excluding carboxylic acids is 1. The van der Waals surface area contributed by atoms with Gasteiger partial charge in [0, 0.05) is 16.3 Å². The van der Waals surface area contributed by atoms with Crippen molar-refractivity contribution < 1.29 is 9.53 Å². The summed E-state index contributed by atoms with van der Waals surface area (Å²) >= 11 is 7.52. The molecular formula is C20H19ClN2O3S. The molecule has 7 heteroatoms. The third-order valence-electron chi connectivity index (χ3n) is 3.93. The van der Waals surface area contributed by atoms with Crippen molar-refractivity contribution in [2.45, 2.75) is 30.8 Å². The molecule has 3 rings (SSSR count).